The van der Waals surface area contributed by atoms with E-state index in [-0.39, 0.29) is 21.7 Å². The van der Waals surface area contributed by atoms with Crippen LogP contribution < -0.4 is 10.1 Å². The van der Waals surface area contributed by atoms with Crippen molar-refractivity contribution in [3.63, 3.8) is 0 Å². The fraction of sp³-hybridized carbons (Fsp3) is 0.167. The quantitative estimate of drug-likeness (QED) is 0.673. The molecule has 0 aliphatic rings. The van der Waals surface area contributed by atoms with Crippen LogP contribution in [0.5, 0.6) is 5.75 Å². The average Bonchev–Trinajstić information content (AvgIpc) is 3.18. The highest BCUT2D eigenvalue weighted by atomic mass is 32.2. The van der Waals surface area contributed by atoms with Crippen molar-refractivity contribution in [1.29, 1.82) is 0 Å². The predicted molar refractivity (Wildman–Crippen MR) is 98.4 cm³/mol. The zero-order valence-electron chi connectivity index (χ0n) is 14.7. The molecule has 3 aromatic rings. The smallest absolute Gasteiger partial charge is 0.271 e. The number of ether oxygens (including phenoxy) is 1. The maximum absolute atomic E-state index is 12.5. The molecule has 3 rings (SSSR count). The number of benzene rings is 2. The van der Waals surface area contributed by atoms with Gasteiger partial charge in [-0.05, 0) is 56.3 Å². The highest BCUT2D eigenvalue weighted by Crippen LogP contribution is 2.20. The lowest BCUT2D eigenvalue weighted by Gasteiger charge is -2.11. The van der Waals surface area contributed by atoms with Crippen molar-refractivity contribution >= 4 is 21.4 Å². The normalized spacial score (nSPS) is 11.4. The second kappa shape index (κ2) is 7.58. The molecule has 0 saturated heterocycles. The molecule has 1 aromatic heterocycles. The molecular formula is C18H18N4O4S. The van der Waals surface area contributed by atoms with Crippen LogP contribution in [0.3, 0.4) is 0 Å². The fourth-order valence-electron chi connectivity index (χ4n) is 2.33. The molecule has 140 valence electrons. The number of rotatable bonds is 6. The maximum Gasteiger partial charge on any atom is 0.271 e. The molecule has 0 bridgehead atoms. The lowest BCUT2D eigenvalue weighted by atomic mass is 10.2. The Morgan fingerprint density at radius 2 is 1.89 bits per heavy atom. The number of nitrogens with zero attached hydrogens (tertiary/aromatic N) is 2. The summed E-state index contributed by atoms with van der Waals surface area (Å²) in [5, 5.41) is 8.34. The molecule has 0 atom stereocenters. The summed E-state index contributed by atoms with van der Waals surface area (Å²) >= 11 is 0. The summed E-state index contributed by atoms with van der Waals surface area (Å²) in [6.45, 7) is 3.85. The largest absolute Gasteiger partial charge is 0.491 e. The third-order valence-corrected chi connectivity index (χ3v) is 5.08. The van der Waals surface area contributed by atoms with Crippen LogP contribution >= 0.6 is 0 Å². The Kier molecular flexibility index (Phi) is 5.22. The van der Waals surface area contributed by atoms with Crippen LogP contribution in [-0.4, -0.2) is 35.6 Å². The zero-order valence-corrected chi connectivity index (χ0v) is 15.5. The molecule has 9 heteroatoms. The number of carbonyl (C=O) groups excluding carboxylic acids is 1. The topological polar surface area (TPSA) is 114 Å². The summed E-state index contributed by atoms with van der Waals surface area (Å²) < 4.78 is 30.5. The van der Waals surface area contributed by atoms with Crippen LogP contribution in [0.1, 0.15) is 24.2 Å². The van der Waals surface area contributed by atoms with Gasteiger partial charge in [0.2, 0.25) is 9.84 Å². The van der Waals surface area contributed by atoms with Gasteiger partial charge < -0.3 is 10.1 Å². The molecule has 0 saturated carbocycles. The molecule has 2 aromatic carbocycles. The summed E-state index contributed by atoms with van der Waals surface area (Å²) in [6, 6.07) is 12.6. The molecule has 1 amide bonds. The van der Waals surface area contributed by atoms with E-state index in [1.807, 2.05) is 13.8 Å². The van der Waals surface area contributed by atoms with Gasteiger partial charge in [0.1, 0.15) is 12.1 Å². The van der Waals surface area contributed by atoms with Gasteiger partial charge in [0.25, 0.3) is 11.1 Å². The summed E-state index contributed by atoms with van der Waals surface area (Å²) in [5.74, 6) is 0.266. The van der Waals surface area contributed by atoms with Gasteiger partial charge in [-0.15, -0.1) is 5.10 Å². The number of anilines is 1. The van der Waals surface area contributed by atoms with Crippen LogP contribution in [0.2, 0.25) is 0 Å². The molecule has 0 radical (unpaired) electrons. The second-order valence-electron chi connectivity index (χ2n) is 5.96. The first-order valence-electron chi connectivity index (χ1n) is 8.15. The Morgan fingerprint density at radius 3 is 2.52 bits per heavy atom. The SMILES string of the molecule is CC(C)Oc1ccc(NC(=O)c2cccc(S(=O)(=O)c3nc[nH]n3)c2)cc1. The number of aromatic nitrogens is 3. The van der Waals surface area contributed by atoms with Gasteiger partial charge in [-0.3, -0.25) is 9.89 Å². The second-order valence-corrected chi connectivity index (χ2v) is 7.80. The lowest BCUT2D eigenvalue weighted by Crippen LogP contribution is -2.13. The Bertz CT molecular complexity index is 1030. The van der Waals surface area contributed by atoms with E-state index in [0.717, 1.165) is 0 Å². The standard InChI is InChI=1S/C18H18N4O4S/c1-12(2)26-15-8-6-14(7-9-15)21-17(23)13-4-3-5-16(10-13)27(24,25)18-19-11-20-22-18/h3-12H,1-2H3,(H,21,23)(H,19,20,22). The van der Waals surface area contributed by atoms with Gasteiger partial charge in [-0.25, -0.2) is 13.4 Å². The van der Waals surface area contributed by atoms with Crippen molar-refractivity contribution in [1.82, 2.24) is 15.2 Å². The number of hydrogen-bond donors (Lipinski definition) is 2. The van der Waals surface area contributed by atoms with E-state index in [4.69, 9.17) is 4.74 Å². The van der Waals surface area contributed by atoms with Gasteiger partial charge in [0.15, 0.2) is 0 Å². The number of H-pyrrole nitrogens is 1. The van der Waals surface area contributed by atoms with Crippen molar-refractivity contribution in [2.24, 2.45) is 0 Å². The van der Waals surface area contributed by atoms with Crippen LogP contribution in [0.25, 0.3) is 0 Å². The average molecular weight is 386 g/mol. The van der Waals surface area contributed by atoms with Crippen LogP contribution in [-0.2, 0) is 9.84 Å². The van der Waals surface area contributed by atoms with Crippen LogP contribution in [0.4, 0.5) is 5.69 Å². The maximum atomic E-state index is 12.5. The van der Waals surface area contributed by atoms with E-state index >= 15 is 0 Å². The Balaban J connectivity index is 1.78. The first kappa shape index (κ1) is 18.6. The first-order valence-corrected chi connectivity index (χ1v) is 9.63. The van der Waals surface area contributed by atoms with E-state index < -0.39 is 15.7 Å². The van der Waals surface area contributed by atoms with Crippen molar-refractivity contribution in [3.05, 3.63) is 60.4 Å². The first-order chi connectivity index (χ1) is 12.9. The Morgan fingerprint density at radius 1 is 1.15 bits per heavy atom. The Hall–Kier alpha value is -3.20. The third-order valence-electron chi connectivity index (χ3n) is 3.52. The highest BCUT2D eigenvalue weighted by Gasteiger charge is 2.22. The Labute approximate surface area is 156 Å². The third kappa shape index (κ3) is 4.32. The van der Waals surface area contributed by atoms with Crippen molar-refractivity contribution in [2.45, 2.75) is 30.0 Å². The van der Waals surface area contributed by atoms with Crippen molar-refractivity contribution < 1.29 is 17.9 Å². The molecule has 0 aliphatic carbocycles. The molecule has 0 fully saturated rings. The monoisotopic (exact) mass is 386 g/mol. The van der Waals surface area contributed by atoms with Crippen molar-refractivity contribution in [2.75, 3.05) is 5.32 Å². The summed E-state index contributed by atoms with van der Waals surface area (Å²) in [4.78, 5) is 16.1. The van der Waals surface area contributed by atoms with E-state index in [9.17, 15) is 13.2 Å². The number of sulfone groups is 1. The molecule has 0 spiro atoms. The van der Waals surface area contributed by atoms with E-state index in [1.165, 1.54) is 30.6 Å². The molecule has 0 aliphatic heterocycles. The summed E-state index contributed by atoms with van der Waals surface area (Å²) in [6.07, 6.45) is 1.23. The van der Waals surface area contributed by atoms with Crippen molar-refractivity contribution in [3.8, 4) is 5.75 Å². The minimum atomic E-state index is -3.89. The molecule has 8 nitrogen and oxygen atoms in total. The van der Waals surface area contributed by atoms with E-state index in [0.29, 0.717) is 11.4 Å². The molecule has 0 unspecified atom stereocenters. The van der Waals surface area contributed by atoms with E-state index in [1.54, 1.807) is 24.3 Å². The van der Waals surface area contributed by atoms with Gasteiger partial charge >= 0.3 is 0 Å². The highest BCUT2D eigenvalue weighted by molar-refractivity contribution is 7.91. The molecule has 2 N–H and O–H groups in total. The zero-order chi connectivity index (χ0) is 19.4. The lowest BCUT2D eigenvalue weighted by molar-refractivity contribution is 0.102. The number of nitrogens with one attached hydrogen (secondary N) is 2. The number of amides is 1. The molecule has 27 heavy (non-hydrogen) atoms. The minimum absolute atomic E-state index is 0.0548. The predicted octanol–water partition coefficient (Wildman–Crippen LogP) is 2.68. The number of carbonyl (C=O) groups is 1. The van der Waals surface area contributed by atoms with Gasteiger partial charge in [0, 0.05) is 11.3 Å². The van der Waals surface area contributed by atoms with Crippen LogP contribution in [0.15, 0.2) is 64.9 Å². The minimum Gasteiger partial charge on any atom is -0.491 e. The molecular weight excluding hydrogens is 368 g/mol. The molecule has 1 heterocycles. The van der Waals surface area contributed by atoms with Gasteiger partial charge in [-0.2, -0.15) is 0 Å². The summed E-state index contributed by atoms with van der Waals surface area (Å²) in [7, 11) is -3.89. The fourth-order valence-corrected chi connectivity index (χ4v) is 3.44. The van der Waals surface area contributed by atoms with Crippen LogP contribution in [0, 0.1) is 0 Å². The number of aromatic amines is 1. The van der Waals surface area contributed by atoms with E-state index in [2.05, 4.69) is 20.5 Å². The van der Waals surface area contributed by atoms with Gasteiger partial charge in [0.05, 0.1) is 11.0 Å². The van der Waals surface area contributed by atoms with Gasteiger partial charge in [-0.1, -0.05) is 6.07 Å². The summed E-state index contributed by atoms with van der Waals surface area (Å²) in [5.41, 5.74) is 0.771. The number of hydrogen-bond acceptors (Lipinski definition) is 6.